The number of carboxylic acid groups (broad SMARTS) is 1. The highest BCUT2D eigenvalue weighted by atomic mass is 35.5. The first-order valence-electron chi connectivity index (χ1n) is 6.10. The molecule has 9 heteroatoms. The average Bonchev–Trinajstić information content (AvgIpc) is 2.43. The van der Waals surface area contributed by atoms with E-state index in [1.165, 1.54) is 12.1 Å². The largest absolute Gasteiger partial charge is 0.478 e. The van der Waals surface area contributed by atoms with Gasteiger partial charge in [-0.3, -0.25) is 5.43 Å². The van der Waals surface area contributed by atoms with Crippen LogP contribution < -0.4 is 10.7 Å². The second-order valence-electron chi connectivity index (χ2n) is 4.29. The number of carbonyl (C=O) groups is 2. The van der Waals surface area contributed by atoms with E-state index in [-0.39, 0.29) is 21.3 Å². The fourth-order valence-corrected chi connectivity index (χ4v) is 2.36. The predicted octanol–water partition coefficient (Wildman–Crippen LogP) is 2.06. The van der Waals surface area contributed by atoms with Crippen molar-refractivity contribution in [2.24, 2.45) is 0 Å². The van der Waals surface area contributed by atoms with Crippen molar-refractivity contribution < 1.29 is 19.4 Å². The van der Waals surface area contributed by atoms with E-state index in [0.29, 0.717) is 26.3 Å². The molecule has 7 nitrogen and oxygen atoms in total. The van der Waals surface area contributed by atoms with Gasteiger partial charge in [0, 0.05) is 13.1 Å². The lowest BCUT2D eigenvalue weighted by Gasteiger charge is -2.27. The summed E-state index contributed by atoms with van der Waals surface area (Å²) in [5.74, 6) is -1.15. The van der Waals surface area contributed by atoms with Crippen LogP contribution >= 0.6 is 23.2 Å². The van der Waals surface area contributed by atoms with Crippen LogP contribution in [0.1, 0.15) is 10.4 Å². The number of halogens is 2. The Morgan fingerprint density at radius 2 is 1.76 bits per heavy atom. The molecule has 1 aliphatic rings. The number of carboxylic acids is 1. The van der Waals surface area contributed by atoms with E-state index in [0.717, 1.165) is 0 Å². The van der Waals surface area contributed by atoms with Gasteiger partial charge in [-0.1, -0.05) is 23.2 Å². The van der Waals surface area contributed by atoms with Gasteiger partial charge in [-0.15, -0.1) is 0 Å². The summed E-state index contributed by atoms with van der Waals surface area (Å²) in [5.41, 5.74) is 2.74. The second-order valence-corrected chi connectivity index (χ2v) is 5.10. The van der Waals surface area contributed by atoms with Crippen LogP contribution in [-0.2, 0) is 4.74 Å². The van der Waals surface area contributed by atoms with Crippen molar-refractivity contribution in [1.82, 2.24) is 10.4 Å². The first-order valence-corrected chi connectivity index (χ1v) is 6.85. The van der Waals surface area contributed by atoms with Crippen molar-refractivity contribution >= 4 is 40.9 Å². The van der Waals surface area contributed by atoms with E-state index < -0.39 is 12.0 Å². The molecule has 3 N–H and O–H groups in total. The number of hydrogen-bond acceptors (Lipinski definition) is 4. The zero-order valence-corrected chi connectivity index (χ0v) is 12.4. The highest BCUT2D eigenvalue weighted by molar-refractivity contribution is 6.40. The minimum atomic E-state index is -1.15. The van der Waals surface area contributed by atoms with E-state index >= 15 is 0 Å². The average molecular weight is 334 g/mol. The van der Waals surface area contributed by atoms with Crippen molar-refractivity contribution in [1.29, 1.82) is 0 Å². The number of urea groups is 1. The van der Waals surface area contributed by atoms with Gasteiger partial charge in [-0.2, -0.15) is 0 Å². The lowest BCUT2D eigenvalue weighted by molar-refractivity contribution is 0.0207. The lowest BCUT2D eigenvalue weighted by Crippen LogP contribution is -2.49. The number of hydrogen-bond donors (Lipinski definition) is 3. The zero-order valence-electron chi connectivity index (χ0n) is 10.9. The van der Waals surface area contributed by atoms with E-state index in [1.54, 1.807) is 5.01 Å². The molecule has 21 heavy (non-hydrogen) atoms. The third-order valence-corrected chi connectivity index (χ3v) is 3.39. The van der Waals surface area contributed by atoms with E-state index in [4.69, 9.17) is 33.0 Å². The second kappa shape index (κ2) is 6.95. The number of rotatable bonds is 3. The number of nitrogens with zero attached hydrogens (tertiary/aromatic N) is 1. The first kappa shape index (κ1) is 15.8. The van der Waals surface area contributed by atoms with Crippen molar-refractivity contribution in [3.63, 3.8) is 0 Å². The minimum absolute atomic E-state index is 0.0517. The van der Waals surface area contributed by atoms with E-state index in [2.05, 4.69) is 10.7 Å². The van der Waals surface area contributed by atoms with Crippen LogP contribution in [0.4, 0.5) is 10.5 Å². The number of nitrogens with one attached hydrogen (secondary N) is 2. The Kier molecular flexibility index (Phi) is 5.24. The monoisotopic (exact) mass is 333 g/mol. The van der Waals surface area contributed by atoms with Crippen LogP contribution in [0.2, 0.25) is 10.0 Å². The Bertz CT molecular complexity index is 538. The van der Waals surface area contributed by atoms with E-state index in [9.17, 15) is 9.59 Å². The molecule has 0 unspecified atom stereocenters. The molecule has 2 rings (SSSR count). The van der Waals surface area contributed by atoms with Gasteiger partial charge in [0.05, 0.1) is 34.5 Å². The molecular weight excluding hydrogens is 321 g/mol. The zero-order chi connectivity index (χ0) is 15.4. The van der Waals surface area contributed by atoms with Crippen molar-refractivity contribution in [3.05, 3.63) is 27.7 Å². The summed E-state index contributed by atoms with van der Waals surface area (Å²) in [6.45, 7) is 2.23. The van der Waals surface area contributed by atoms with Gasteiger partial charge in [-0.05, 0) is 12.1 Å². The van der Waals surface area contributed by atoms with Gasteiger partial charge >= 0.3 is 12.0 Å². The third kappa shape index (κ3) is 4.21. The molecule has 1 aliphatic heterocycles. The molecule has 0 aliphatic carbocycles. The predicted molar refractivity (Wildman–Crippen MR) is 78.0 cm³/mol. The van der Waals surface area contributed by atoms with Crippen molar-refractivity contribution in [2.45, 2.75) is 0 Å². The molecule has 2 amide bonds. The molecule has 0 bridgehead atoms. The number of hydrazine groups is 1. The molecular formula is C12H13Cl2N3O4. The molecule has 1 heterocycles. The maximum atomic E-state index is 11.9. The number of anilines is 1. The number of benzene rings is 1. The fourth-order valence-electron chi connectivity index (χ4n) is 1.78. The summed E-state index contributed by atoms with van der Waals surface area (Å²) in [4.78, 5) is 22.7. The lowest BCUT2D eigenvalue weighted by atomic mass is 10.2. The van der Waals surface area contributed by atoms with Gasteiger partial charge < -0.3 is 15.2 Å². The van der Waals surface area contributed by atoms with E-state index in [1.807, 2.05) is 0 Å². The number of ether oxygens (including phenoxy) is 1. The minimum Gasteiger partial charge on any atom is -0.478 e. The van der Waals surface area contributed by atoms with Crippen LogP contribution in [0, 0.1) is 0 Å². The smallest absolute Gasteiger partial charge is 0.335 e. The van der Waals surface area contributed by atoms with Gasteiger partial charge in [0.1, 0.15) is 0 Å². The Labute approximate surface area is 130 Å². The fraction of sp³-hybridized carbons (Fsp3) is 0.333. The normalized spacial score (nSPS) is 15.5. The molecule has 1 saturated heterocycles. The Balaban J connectivity index is 2.04. The molecule has 0 radical (unpaired) electrons. The Hall–Kier alpha value is -1.54. The highest BCUT2D eigenvalue weighted by Crippen LogP contribution is 2.31. The highest BCUT2D eigenvalue weighted by Gasteiger charge is 2.17. The van der Waals surface area contributed by atoms with Crippen molar-refractivity contribution in [3.8, 4) is 0 Å². The number of morpholine rings is 1. The number of carbonyl (C=O) groups excluding carboxylic acids is 1. The van der Waals surface area contributed by atoms with Crippen LogP contribution in [0.15, 0.2) is 12.1 Å². The summed E-state index contributed by atoms with van der Waals surface area (Å²) >= 11 is 11.9. The summed E-state index contributed by atoms with van der Waals surface area (Å²) in [5, 5.41) is 13.2. The quantitative estimate of drug-likeness (QED) is 0.787. The van der Waals surface area contributed by atoms with Crippen LogP contribution in [0.25, 0.3) is 0 Å². The SMILES string of the molecule is O=C(Nc1c(Cl)cc(C(=O)O)cc1Cl)NN1CCOCC1. The molecule has 0 spiro atoms. The Morgan fingerprint density at radius 1 is 1.19 bits per heavy atom. The summed E-state index contributed by atoms with van der Waals surface area (Å²) in [6, 6.07) is 1.93. The van der Waals surface area contributed by atoms with Crippen molar-refractivity contribution in [2.75, 3.05) is 31.6 Å². The van der Waals surface area contributed by atoms with Gasteiger partial charge in [0.25, 0.3) is 0 Å². The standard InChI is InChI=1S/C12H13Cl2N3O4/c13-8-5-7(11(18)19)6-9(14)10(8)15-12(20)16-17-1-3-21-4-2-17/h5-6H,1-4H2,(H,18,19)(H2,15,16,20). The summed E-state index contributed by atoms with van der Waals surface area (Å²) in [7, 11) is 0. The van der Waals surface area contributed by atoms with Crippen LogP contribution in [0.3, 0.4) is 0 Å². The summed E-state index contributed by atoms with van der Waals surface area (Å²) < 4.78 is 5.16. The molecule has 1 aromatic carbocycles. The van der Waals surface area contributed by atoms with Gasteiger partial charge in [0.15, 0.2) is 0 Å². The molecule has 1 fully saturated rings. The first-order chi connectivity index (χ1) is 9.97. The number of aromatic carboxylic acids is 1. The maximum Gasteiger partial charge on any atom is 0.335 e. The maximum absolute atomic E-state index is 11.9. The molecule has 114 valence electrons. The van der Waals surface area contributed by atoms with Crippen LogP contribution in [-0.4, -0.2) is 48.4 Å². The van der Waals surface area contributed by atoms with Gasteiger partial charge in [-0.25, -0.2) is 14.6 Å². The molecule has 0 aromatic heterocycles. The topological polar surface area (TPSA) is 90.9 Å². The number of amides is 2. The van der Waals surface area contributed by atoms with Crippen LogP contribution in [0.5, 0.6) is 0 Å². The molecule has 0 saturated carbocycles. The molecule has 1 aromatic rings. The summed E-state index contributed by atoms with van der Waals surface area (Å²) in [6.07, 6.45) is 0. The Morgan fingerprint density at radius 3 is 2.29 bits per heavy atom. The molecule has 0 atom stereocenters. The van der Waals surface area contributed by atoms with Gasteiger partial charge in [0.2, 0.25) is 0 Å². The third-order valence-electron chi connectivity index (χ3n) is 2.80.